The Morgan fingerprint density at radius 1 is 0.878 bits per heavy atom. The summed E-state index contributed by atoms with van der Waals surface area (Å²) in [6, 6.07) is 13.7. The van der Waals surface area contributed by atoms with Crippen LogP contribution in [0.1, 0.15) is 35.5 Å². The lowest BCUT2D eigenvalue weighted by Gasteiger charge is -2.18. The maximum absolute atomic E-state index is 13.1. The highest BCUT2D eigenvalue weighted by Crippen LogP contribution is 2.40. The Labute approximate surface area is 238 Å². The van der Waals surface area contributed by atoms with Crippen LogP contribution in [0.3, 0.4) is 0 Å². The monoisotopic (exact) mass is 580 g/mol. The zero-order chi connectivity index (χ0) is 30.1. The minimum absolute atomic E-state index is 0.0391. The molecule has 3 aromatic carbocycles. The van der Waals surface area contributed by atoms with Crippen molar-refractivity contribution in [3.8, 4) is 22.6 Å². The zero-order valence-corrected chi connectivity index (χ0v) is 24.4. The molecule has 0 saturated heterocycles. The van der Waals surface area contributed by atoms with E-state index in [2.05, 4.69) is 10.0 Å². The number of carboxylic acid groups (broad SMARTS) is 1. The van der Waals surface area contributed by atoms with E-state index in [0.717, 1.165) is 16.7 Å². The Morgan fingerprint density at radius 3 is 1.95 bits per heavy atom. The van der Waals surface area contributed by atoms with Gasteiger partial charge >= 0.3 is 5.97 Å². The second-order valence-corrected chi connectivity index (χ2v) is 11.6. The highest BCUT2D eigenvalue weighted by molar-refractivity contribution is 7.89. The van der Waals surface area contributed by atoms with E-state index in [0.29, 0.717) is 33.7 Å². The van der Waals surface area contributed by atoms with E-state index in [1.54, 1.807) is 77.5 Å². The Balaban J connectivity index is 1.52. The van der Waals surface area contributed by atoms with E-state index >= 15 is 0 Å². The zero-order valence-electron chi connectivity index (χ0n) is 23.6. The fourth-order valence-electron chi connectivity index (χ4n) is 4.54. The van der Waals surface area contributed by atoms with E-state index in [1.807, 2.05) is 6.92 Å². The molecule has 1 amide bonds. The first-order valence-corrected chi connectivity index (χ1v) is 14.3. The number of carboxylic acids is 1. The van der Waals surface area contributed by atoms with Crippen LogP contribution < -0.4 is 19.5 Å². The Morgan fingerprint density at radius 2 is 1.44 bits per heavy atom. The van der Waals surface area contributed by atoms with Crippen LogP contribution in [0.2, 0.25) is 0 Å². The molecule has 1 aromatic heterocycles. The van der Waals surface area contributed by atoms with Crippen molar-refractivity contribution >= 4 is 38.6 Å². The molecule has 1 atom stereocenters. The van der Waals surface area contributed by atoms with Crippen LogP contribution in [0.4, 0.5) is 5.69 Å². The van der Waals surface area contributed by atoms with Gasteiger partial charge in [0.2, 0.25) is 10.0 Å². The van der Waals surface area contributed by atoms with E-state index in [4.69, 9.17) is 13.9 Å². The Bertz CT molecular complexity index is 1710. The first kappa shape index (κ1) is 29.6. The van der Waals surface area contributed by atoms with Crippen molar-refractivity contribution in [2.24, 2.45) is 5.92 Å². The van der Waals surface area contributed by atoms with Crippen molar-refractivity contribution in [2.75, 3.05) is 19.5 Å². The molecule has 11 heteroatoms. The molecule has 10 nitrogen and oxygen atoms in total. The summed E-state index contributed by atoms with van der Waals surface area (Å²) in [6.45, 7) is 6.90. The van der Waals surface area contributed by atoms with Crippen molar-refractivity contribution in [3.05, 3.63) is 71.5 Å². The molecule has 0 saturated carbocycles. The summed E-state index contributed by atoms with van der Waals surface area (Å²) < 4.78 is 44.5. The van der Waals surface area contributed by atoms with Gasteiger partial charge in [-0.2, -0.15) is 4.72 Å². The van der Waals surface area contributed by atoms with E-state index < -0.39 is 33.9 Å². The molecule has 0 aliphatic heterocycles. The number of carbonyl (C=O) groups excluding carboxylic acids is 1. The fourth-order valence-corrected chi connectivity index (χ4v) is 5.88. The molecule has 41 heavy (non-hydrogen) atoms. The second kappa shape index (κ2) is 11.6. The van der Waals surface area contributed by atoms with Gasteiger partial charge in [-0.05, 0) is 55.2 Å². The number of hydrogen-bond donors (Lipinski definition) is 3. The number of aliphatic carboxylic acids is 1. The molecule has 4 rings (SSSR count). The highest BCUT2D eigenvalue weighted by atomic mass is 32.2. The van der Waals surface area contributed by atoms with E-state index in [9.17, 15) is 23.1 Å². The minimum atomic E-state index is -4.02. The SMILES string of the molecule is COc1cc(OC)c2c(C)c(C(=O)Nc3ccc(-c4ccc(S(=O)(=O)N[C@H](C(=O)O)C(C)C)cc4)cc3)oc2c1C. The number of amides is 1. The second-order valence-electron chi connectivity index (χ2n) is 9.90. The Hall–Kier alpha value is -4.35. The van der Waals surface area contributed by atoms with Gasteiger partial charge in [0.1, 0.15) is 23.1 Å². The quantitative estimate of drug-likeness (QED) is 0.227. The molecule has 0 aliphatic carbocycles. The third-order valence-corrected chi connectivity index (χ3v) is 8.32. The van der Waals surface area contributed by atoms with Crippen LogP contribution in [-0.4, -0.2) is 45.7 Å². The largest absolute Gasteiger partial charge is 0.496 e. The van der Waals surface area contributed by atoms with Gasteiger partial charge in [0.15, 0.2) is 5.76 Å². The standard InChI is InChI=1S/C30H32N2O8S/c1-16(2)26(30(34)35)32-41(36,37)22-13-9-20(10-14-22)19-7-11-21(12-8-19)31-29(33)28-18(4)25-24(39-6)15-23(38-5)17(3)27(25)40-28/h7-16,26,32H,1-6H3,(H,31,33)(H,34,35)/t26-/m0/s1. The van der Waals surface area contributed by atoms with Crippen LogP contribution in [0.15, 0.2) is 63.9 Å². The number of furan rings is 1. The molecule has 4 aromatic rings. The summed E-state index contributed by atoms with van der Waals surface area (Å²) in [5, 5.41) is 12.9. The molecule has 0 bridgehead atoms. The lowest BCUT2D eigenvalue weighted by molar-refractivity contribution is -0.140. The number of rotatable bonds is 10. The molecular formula is C30H32N2O8S. The summed E-state index contributed by atoms with van der Waals surface area (Å²) in [5.41, 5.74) is 3.98. The molecule has 0 unspecified atom stereocenters. The number of nitrogens with one attached hydrogen (secondary N) is 2. The van der Waals surface area contributed by atoms with Crippen molar-refractivity contribution in [1.82, 2.24) is 4.72 Å². The Kier molecular flexibility index (Phi) is 8.41. The summed E-state index contributed by atoms with van der Waals surface area (Å²) in [5.74, 6) is -0.790. The molecule has 0 aliphatic rings. The van der Waals surface area contributed by atoms with Crippen molar-refractivity contribution in [3.63, 3.8) is 0 Å². The predicted octanol–water partition coefficient (Wildman–Crippen LogP) is 5.37. The van der Waals surface area contributed by atoms with Crippen LogP contribution >= 0.6 is 0 Å². The number of fused-ring (bicyclic) bond motifs is 1. The maximum atomic E-state index is 13.1. The number of sulfonamides is 1. The third-order valence-electron chi connectivity index (χ3n) is 6.87. The van der Waals surface area contributed by atoms with Gasteiger partial charge in [0, 0.05) is 22.9 Å². The number of ether oxygens (including phenoxy) is 2. The van der Waals surface area contributed by atoms with Gasteiger partial charge in [-0.25, -0.2) is 8.42 Å². The normalized spacial score (nSPS) is 12.4. The lowest BCUT2D eigenvalue weighted by atomic mass is 10.1. The number of methoxy groups -OCH3 is 2. The number of carbonyl (C=O) groups is 2. The molecule has 0 radical (unpaired) electrons. The van der Waals surface area contributed by atoms with Crippen molar-refractivity contribution < 1.29 is 37.0 Å². The molecule has 1 heterocycles. The summed E-state index contributed by atoms with van der Waals surface area (Å²) in [4.78, 5) is 24.5. The molecular weight excluding hydrogens is 548 g/mol. The number of aryl methyl sites for hydroxylation is 2. The van der Waals surface area contributed by atoms with Crippen LogP contribution in [0, 0.1) is 19.8 Å². The van der Waals surface area contributed by atoms with Crippen LogP contribution in [-0.2, 0) is 14.8 Å². The maximum Gasteiger partial charge on any atom is 0.322 e. The van der Waals surface area contributed by atoms with E-state index in [1.165, 1.54) is 12.1 Å². The molecule has 216 valence electrons. The van der Waals surface area contributed by atoms with Crippen LogP contribution in [0.25, 0.3) is 22.1 Å². The number of benzene rings is 3. The lowest BCUT2D eigenvalue weighted by Crippen LogP contribution is -2.44. The molecule has 0 fully saturated rings. The molecule has 0 spiro atoms. The highest BCUT2D eigenvalue weighted by Gasteiger charge is 2.28. The van der Waals surface area contributed by atoms with Crippen molar-refractivity contribution in [2.45, 2.75) is 38.6 Å². The van der Waals surface area contributed by atoms with Crippen molar-refractivity contribution in [1.29, 1.82) is 0 Å². The topological polar surface area (TPSA) is 144 Å². The number of hydrogen-bond acceptors (Lipinski definition) is 7. The predicted molar refractivity (Wildman–Crippen MR) is 155 cm³/mol. The summed E-state index contributed by atoms with van der Waals surface area (Å²) in [6.07, 6.45) is 0. The number of anilines is 1. The first-order valence-electron chi connectivity index (χ1n) is 12.8. The van der Waals surface area contributed by atoms with Gasteiger partial charge in [-0.1, -0.05) is 38.1 Å². The van der Waals surface area contributed by atoms with Crippen LogP contribution in [0.5, 0.6) is 11.5 Å². The summed E-state index contributed by atoms with van der Waals surface area (Å²) >= 11 is 0. The van der Waals surface area contributed by atoms with Gasteiger partial charge in [-0.15, -0.1) is 0 Å². The fraction of sp³-hybridized carbons (Fsp3) is 0.267. The van der Waals surface area contributed by atoms with E-state index in [-0.39, 0.29) is 10.7 Å². The van der Waals surface area contributed by atoms with Gasteiger partial charge in [-0.3, -0.25) is 9.59 Å². The average Bonchev–Trinajstić information content (AvgIpc) is 3.30. The van der Waals surface area contributed by atoms with Gasteiger partial charge < -0.3 is 24.3 Å². The third kappa shape index (κ3) is 5.91. The molecule has 3 N–H and O–H groups in total. The average molecular weight is 581 g/mol. The summed E-state index contributed by atoms with van der Waals surface area (Å²) in [7, 11) is -0.924. The minimum Gasteiger partial charge on any atom is -0.496 e. The van der Waals surface area contributed by atoms with Gasteiger partial charge in [0.25, 0.3) is 5.91 Å². The smallest absolute Gasteiger partial charge is 0.322 e. The first-order chi connectivity index (χ1) is 19.4. The van der Waals surface area contributed by atoms with Gasteiger partial charge in [0.05, 0.1) is 24.5 Å².